The second-order valence-electron chi connectivity index (χ2n) is 5.82. The van der Waals surface area contributed by atoms with Crippen molar-refractivity contribution in [1.82, 2.24) is 5.32 Å². The average Bonchev–Trinajstić information content (AvgIpc) is 2.38. The van der Waals surface area contributed by atoms with Gasteiger partial charge in [0, 0.05) is 12.3 Å². The number of rotatable bonds is 8. The molecule has 0 saturated carbocycles. The Kier molecular flexibility index (Phi) is 6.69. The molecule has 1 unspecified atom stereocenters. The second kappa shape index (κ2) is 7.79. The molecule has 1 N–H and O–H groups in total. The maximum atomic E-state index is 11.7. The van der Waals surface area contributed by atoms with E-state index in [9.17, 15) is 8.42 Å². The van der Waals surface area contributed by atoms with Gasteiger partial charge in [-0.05, 0) is 49.4 Å². The summed E-state index contributed by atoms with van der Waals surface area (Å²) in [5.41, 5.74) is 1.07. The number of sulfone groups is 1. The molecule has 0 radical (unpaired) electrons. The zero-order valence-corrected chi connectivity index (χ0v) is 13.8. The summed E-state index contributed by atoms with van der Waals surface area (Å²) in [7, 11) is -3.14. The van der Waals surface area contributed by atoms with Gasteiger partial charge in [-0.3, -0.25) is 0 Å². The zero-order chi connectivity index (χ0) is 15.2. The molecule has 0 aliphatic carbocycles. The molecule has 1 aromatic rings. The van der Waals surface area contributed by atoms with Crippen molar-refractivity contribution in [3.05, 3.63) is 29.8 Å². The molecule has 1 aromatic carbocycles. The van der Waals surface area contributed by atoms with E-state index in [1.807, 2.05) is 18.2 Å². The molecule has 0 saturated heterocycles. The molecule has 20 heavy (non-hydrogen) atoms. The summed E-state index contributed by atoms with van der Waals surface area (Å²) in [6, 6.07) is 7.56. The standard InChI is InChI=1S/C16H27NO2S/c1-5-11-17-16(10-9-13(2)3)14-7-6-8-15(12-14)20(4,18)19/h6-8,12-13,16-17H,5,9-11H2,1-4H3. The lowest BCUT2D eigenvalue weighted by atomic mass is 9.97. The van der Waals surface area contributed by atoms with Crippen molar-refractivity contribution in [1.29, 1.82) is 0 Å². The number of hydrogen-bond donors (Lipinski definition) is 1. The monoisotopic (exact) mass is 297 g/mol. The van der Waals surface area contributed by atoms with E-state index in [4.69, 9.17) is 0 Å². The maximum absolute atomic E-state index is 11.7. The van der Waals surface area contributed by atoms with Crippen LogP contribution in [0.5, 0.6) is 0 Å². The Hall–Kier alpha value is -0.870. The Labute approximate surface area is 123 Å². The Bertz CT molecular complexity index is 509. The van der Waals surface area contributed by atoms with Crippen LogP contribution in [0.1, 0.15) is 51.6 Å². The Morgan fingerprint density at radius 1 is 1.20 bits per heavy atom. The van der Waals surface area contributed by atoms with Crippen molar-refractivity contribution in [2.75, 3.05) is 12.8 Å². The van der Waals surface area contributed by atoms with Crippen LogP contribution in [0.25, 0.3) is 0 Å². The third kappa shape index (κ3) is 5.63. The highest BCUT2D eigenvalue weighted by Crippen LogP contribution is 2.23. The van der Waals surface area contributed by atoms with Crippen LogP contribution in [0, 0.1) is 5.92 Å². The first kappa shape index (κ1) is 17.2. The van der Waals surface area contributed by atoms with Crippen LogP contribution >= 0.6 is 0 Å². The first-order valence-corrected chi connectivity index (χ1v) is 9.27. The van der Waals surface area contributed by atoms with Gasteiger partial charge in [-0.15, -0.1) is 0 Å². The number of hydrogen-bond acceptors (Lipinski definition) is 3. The maximum Gasteiger partial charge on any atom is 0.175 e. The van der Waals surface area contributed by atoms with E-state index < -0.39 is 9.84 Å². The van der Waals surface area contributed by atoms with Crippen LogP contribution in [0.4, 0.5) is 0 Å². The van der Waals surface area contributed by atoms with Crippen molar-refractivity contribution in [3.63, 3.8) is 0 Å². The largest absolute Gasteiger partial charge is 0.310 e. The molecule has 0 heterocycles. The lowest BCUT2D eigenvalue weighted by Crippen LogP contribution is -2.22. The predicted octanol–water partition coefficient (Wildman–Crippen LogP) is 3.57. The normalized spacial score (nSPS) is 13.7. The molecule has 0 aliphatic rings. The molecule has 4 heteroatoms. The summed E-state index contributed by atoms with van der Waals surface area (Å²) in [5, 5.41) is 3.52. The first-order valence-electron chi connectivity index (χ1n) is 7.38. The molecule has 114 valence electrons. The van der Waals surface area contributed by atoms with Gasteiger partial charge in [0.15, 0.2) is 9.84 Å². The van der Waals surface area contributed by atoms with Crippen LogP contribution in [-0.4, -0.2) is 21.2 Å². The fourth-order valence-electron chi connectivity index (χ4n) is 2.17. The molecule has 0 bridgehead atoms. The van der Waals surface area contributed by atoms with Gasteiger partial charge >= 0.3 is 0 Å². The Morgan fingerprint density at radius 2 is 1.90 bits per heavy atom. The smallest absolute Gasteiger partial charge is 0.175 e. The predicted molar refractivity (Wildman–Crippen MR) is 84.7 cm³/mol. The van der Waals surface area contributed by atoms with Crippen molar-refractivity contribution in [2.45, 2.75) is 51.0 Å². The summed E-state index contributed by atoms with van der Waals surface area (Å²) >= 11 is 0. The summed E-state index contributed by atoms with van der Waals surface area (Å²) in [6.45, 7) is 7.51. The molecular weight excluding hydrogens is 270 g/mol. The fraction of sp³-hybridized carbons (Fsp3) is 0.625. The topological polar surface area (TPSA) is 46.2 Å². The number of benzene rings is 1. The van der Waals surface area contributed by atoms with E-state index in [1.54, 1.807) is 6.07 Å². The lowest BCUT2D eigenvalue weighted by Gasteiger charge is -2.20. The molecule has 0 spiro atoms. The molecule has 0 amide bonds. The highest BCUT2D eigenvalue weighted by molar-refractivity contribution is 7.90. The van der Waals surface area contributed by atoms with Crippen molar-refractivity contribution >= 4 is 9.84 Å². The molecular formula is C16H27NO2S. The van der Waals surface area contributed by atoms with Crippen LogP contribution < -0.4 is 5.32 Å². The summed E-state index contributed by atoms with van der Waals surface area (Å²) in [5.74, 6) is 0.652. The van der Waals surface area contributed by atoms with Gasteiger partial charge in [-0.25, -0.2) is 8.42 Å². The minimum Gasteiger partial charge on any atom is -0.310 e. The average molecular weight is 297 g/mol. The summed E-state index contributed by atoms with van der Waals surface area (Å²) < 4.78 is 23.3. The van der Waals surface area contributed by atoms with E-state index in [0.717, 1.165) is 31.4 Å². The Morgan fingerprint density at radius 3 is 2.45 bits per heavy atom. The fourth-order valence-corrected chi connectivity index (χ4v) is 2.84. The molecule has 1 rings (SSSR count). The number of nitrogens with one attached hydrogen (secondary N) is 1. The third-order valence-electron chi connectivity index (χ3n) is 3.36. The van der Waals surface area contributed by atoms with Crippen molar-refractivity contribution in [2.24, 2.45) is 5.92 Å². The third-order valence-corrected chi connectivity index (χ3v) is 4.47. The van der Waals surface area contributed by atoms with Gasteiger partial charge in [0.1, 0.15) is 0 Å². The van der Waals surface area contributed by atoms with Gasteiger partial charge in [0.25, 0.3) is 0 Å². The van der Waals surface area contributed by atoms with Crippen LogP contribution in [0.2, 0.25) is 0 Å². The second-order valence-corrected chi connectivity index (χ2v) is 7.84. The molecule has 0 fully saturated rings. The van der Waals surface area contributed by atoms with Crippen LogP contribution in [-0.2, 0) is 9.84 Å². The molecule has 0 aromatic heterocycles. The van der Waals surface area contributed by atoms with Gasteiger partial charge < -0.3 is 5.32 Å². The van der Waals surface area contributed by atoms with Gasteiger partial charge in [0.2, 0.25) is 0 Å². The van der Waals surface area contributed by atoms with E-state index >= 15 is 0 Å². The highest BCUT2D eigenvalue weighted by atomic mass is 32.2. The van der Waals surface area contributed by atoms with Crippen LogP contribution in [0.3, 0.4) is 0 Å². The molecule has 0 aliphatic heterocycles. The van der Waals surface area contributed by atoms with Crippen molar-refractivity contribution < 1.29 is 8.42 Å². The minimum absolute atomic E-state index is 0.235. The van der Waals surface area contributed by atoms with Gasteiger partial charge in [0.05, 0.1) is 4.90 Å². The quantitative estimate of drug-likeness (QED) is 0.798. The van der Waals surface area contributed by atoms with E-state index in [0.29, 0.717) is 10.8 Å². The molecule has 3 nitrogen and oxygen atoms in total. The SMILES string of the molecule is CCCNC(CCC(C)C)c1cccc(S(C)(=O)=O)c1. The summed E-state index contributed by atoms with van der Waals surface area (Å²) in [6.07, 6.45) is 4.49. The van der Waals surface area contributed by atoms with Gasteiger partial charge in [-0.1, -0.05) is 32.9 Å². The van der Waals surface area contributed by atoms with Crippen LogP contribution in [0.15, 0.2) is 29.2 Å². The first-order chi connectivity index (χ1) is 9.34. The Balaban J connectivity index is 2.94. The van der Waals surface area contributed by atoms with E-state index in [-0.39, 0.29) is 6.04 Å². The zero-order valence-electron chi connectivity index (χ0n) is 13.0. The molecule has 1 atom stereocenters. The van der Waals surface area contributed by atoms with Crippen molar-refractivity contribution in [3.8, 4) is 0 Å². The highest BCUT2D eigenvalue weighted by Gasteiger charge is 2.14. The summed E-state index contributed by atoms with van der Waals surface area (Å²) in [4.78, 5) is 0.405. The minimum atomic E-state index is -3.14. The van der Waals surface area contributed by atoms with E-state index in [2.05, 4.69) is 26.1 Å². The van der Waals surface area contributed by atoms with E-state index in [1.165, 1.54) is 6.26 Å². The lowest BCUT2D eigenvalue weighted by molar-refractivity contribution is 0.440. The van der Waals surface area contributed by atoms with Gasteiger partial charge in [-0.2, -0.15) is 0 Å².